The lowest BCUT2D eigenvalue weighted by molar-refractivity contribution is -0.144. The van der Waals surface area contributed by atoms with Crippen LogP contribution in [0.25, 0.3) is 6.08 Å². The van der Waals surface area contributed by atoms with Crippen LogP contribution in [-0.2, 0) is 14.9 Å². The van der Waals surface area contributed by atoms with Crippen molar-refractivity contribution < 1.29 is 23.8 Å². The van der Waals surface area contributed by atoms with Crippen molar-refractivity contribution in [3.63, 3.8) is 0 Å². The predicted molar refractivity (Wildman–Crippen MR) is 116 cm³/mol. The summed E-state index contributed by atoms with van der Waals surface area (Å²) in [7, 11) is 0. The molecule has 1 aliphatic rings. The average molecular weight is 406 g/mol. The molecule has 0 fully saturated rings. The second-order valence-electron chi connectivity index (χ2n) is 8.14. The van der Waals surface area contributed by atoms with E-state index in [0.717, 1.165) is 5.56 Å². The van der Waals surface area contributed by atoms with Crippen LogP contribution in [-0.4, -0.2) is 25.0 Å². The summed E-state index contributed by atoms with van der Waals surface area (Å²) in [5.74, 6) is 0.512. The quantitative estimate of drug-likeness (QED) is 0.383. The summed E-state index contributed by atoms with van der Waals surface area (Å²) in [6.07, 6.45) is 3.23. The van der Waals surface area contributed by atoms with Gasteiger partial charge in [-0.25, -0.2) is 4.79 Å². The molecule has 0 saturated heterocycles. The number of benzene rings is 2. The predicted octanol–water partition coefficient (Wildman–Crippen LogP) is 5.02. The molecule has 0 radical (unpaired) electrons. The third-order valence-electron chi connectivity index (χ3n) is 4.82. The van der Waals surface area contributed by atoms with Gasteiger partial charge in [0.15, 0.2) is 12.4 Å². The van der Waals surface area contributed by atoms with Crippen LogP contribution >= 0.6 is 0 Å². The fraction of sp³-hybridized carbons (Fsp3) is 0.280. The van der Waals surface area contributed by atoms with Gasteiger partial charge in [-0.3, -0.25) is 4.79 Å². The molecular formula is C25H26O5. The molecule has 0 spiro atoms. The highest BCUT2D eigenvalue weighted by Gasteiger charge is 2.30. The second kappa shape index (κ2) is 8.57. The molecule has 0 atom stereocenters. The van der Waals surface area contributed by atoms with Crippen LogP contribution in [0.5, 0.6) is 11.5 Å². The van der Waals surface area contributed by atoms with Crippen LogP contribution in [0.15, 0.2) is 54.8 Å². The maximum Gasteiger partial charge on any atom is 0.344 e. The number of allylic oxidation sites excluding steroid dienone is 1. The SMILES string of the molecule is C=CCOC(=O)COc1ccc2c(c1C)O/C(=C\c1ccc(C(C)(C)C)cc1)C2=O. The molecule has 0 N–H and O–H groups in total. The summed E-state index contributed by atoms with van der Waals surface area (Å²) < 4.78 is 16.3. The molecule has 2 aromatic carbocycles. The lowest BCUT2D eigenvalue weighted by Gasteiger charge is -2.18. The monoisotopic (exact) mass is 406 g/mol. The molecular weight excluding hydrogens is 380 g/mol. The van der Waals surface area contributed by atoms with Gasteiger partial charge < -0.3 is 14.2 Å². The topological polar surface area (TPSA) is 61.8 Å². The maximum absolute atomic E-state index is 12.8. The number of ether oxygens (including phenoxy) is 3. The normalized spacial score (nSPS) is 14.3. The van der Waals surface area contributed by atoms with E-state index in [1.165, 1.54) is 11.6 Å². The zero-order chi connectivity index (χ0) is 21.9. The van der Waals surface area contributed by atoms with E-state index in [1.54, 1.807) is 25.1 Å². The van der Waals surface area contributed by atoms with Gasteiger partial charge >= 0.3 is 5.97 Å². The van der Waals surface area contributed by atoms with E-state index in [-0.39, 0.29) is 30.2 Å². The molecule has 0 amide bonds. The van der Waals surface area contributed by atoms with Crippen LogP contribution in [0.2, 0.25) is 0 Å². The minimum absolute atomic E-state index is 0.0627. The van der Waals surface area contributed by atoms with Crippen LogP contribution in [0.3, 0.4) is 0 Å². The van der Waals surface area contributed by atoms with Gasteiger partial charge in [-0.1, -0.05) is 57.7 Å². The standard InChI is InChI=1S/C25H26O5/c1-6-13-28-22(26)15-29-20-12-11-19-23(27)21(30-24(19)16(20)2)14-17-7-9-18(10-8-17)25(3,4)5/h6-12,14H,1,13,15H2,2-5H3/b21-14-. The smallest absolute Gasteiger partial charge is 0.344 e. The number of hydrogen-bond acceptors (Lipinski definition) is 5. The highest BCUT2D eigenvalue weighted by atomic mass is 16.6. The number of rotatable bonds is 6. The molecule has 1 heterocycles. The van der Waals surface area contributed by atoms with Crippen molar-refractivity contribution in [2.75, 3.05) is 13.2 Å². The first-order valence-corrected chi connectivity index (χ1v) is 9.78. The van der Waals surface area contributed by atoms with Gasteiger partial charge in [-0.05, 0) is 41.7 Å². The molecule has 0 bridgehead atoms. The molecule has 156 valence electrons. The van der Waals surface area contributed by atoms with Crippen molar-refractivity contribution in [3.05, 3.63) is 77.1 Å². The van der Waals surface area contributed by atoms with Crippen molar-refractivity contribution in [1.82, 2.24) is 0 Å². The summed E-state index contributed by atoms with van der Waals surface area (Å²) >= 11 is 0. The molecule has 0 unspecified atom stereocenters. The lowest BCUT2D eigenvalue weighted by Crippen LogP contribution is -2.15. The Bertz CT molecular complexity index is 1010. The van der Waals surface area contributed by atoms with E-state index >= 15 is 0 Å². The lowest BCUT2D eigenvalue weighted by atomic mass is 9.86. The summed E-state index contributed by atoms with van der Waals surface area (Å²) in [6.45, 7) is 11.6. The van der Waals surface area contributed by atoms with E-state index in [0.29, 0.717) is 22.6 Å². The third kappa shape index (κ3) is 4.62. The van der Waals surface area contributed by atoms with Crippen molar-refractivity contribution in [2.45, 2.75) is 33.1 Å². The minimum atomic E-state index is -0.494. The first kappa shape index (κ1) is 21.4. The van der Waals surface area contributed by atoms with E-state index in [2.05, 4.69) is 39.5 Å². The van der Waals surface area contributed by atoms with Gasteiger partial charge in [-0.2, -0.15) is 0 Å². The molecule has 0 aliphatic carbocycles. The average Bonchev–Trinajstić information content (AvgIpc) is 3.02. The number of hydrogen-bond donors (Lipinski definition) is 0. The number of carbonyl (C=O) groups excluding carboxylic acids is 2. The number of carbonyl (C=O) groups is 2. The Morgan fingerprint density at radius 2 is 1.83 bits per heavy atom. The van der Waals surface area contributed by atoms with Gasteiger partial charge in [0.05, 0.1) is 5.56 Å². The van der Waals surface area contributed by atoms with E-state index in [1.807, 2.05) is 12.1 Å². The highest BCUT2D eigenvalue weighted by Crippen LogP contribution is 2.39. The third-order valence-corrected chi connectivity index (χ3v) is 4.82. The molecule has 3 rings (SSSR count). The van der Waals surface area contributed by atoms with Gasteiger partial charge in [-0.15, -0.1) is 0 Å². The van der Waals surface area contributed by atoms with Crippen LogP contribution < -0.4 is 9.47 Å². The fourth-order valence-corrected chi connectivity index (χ4v) is 3.09. The Labute approximate surface area is 177 Å². The second-order valence-corrected chi connectivity index (χ2v) is 8.14. The van der Waals surface area contributed by atoms with E-state index in [4.69, 9.17) is 14.2 Å². The first-order valence-electron chi connectivity index (χ1n) is 9.78. The van der Waals surface area contributed by atoms with Crippen molar-refractivity contribution in [2.24, 2.45) is 0 Å². The fourth-order valence-electron chi connectivity index (χ4n) is 3.09. The van der Waals surface area contributed by atoms with Gasteiger partial charge in [0.1, 0.15) is 18.1 Å². The summed E-state index contributed by atoms with van der Waals surface area (Å²) in [5, 5.41) is 0. The Morgan fingerprint density at radius 3 is 2.47 bits per heavy atom. The maximum atomic E-state index is 12.8. The zero-order valence-corrected chi connectivity index (χ0v) is 17.8. The number of Topliss-reactive ketones (excluding diaryl/α,β-unsaturated/α-hetero) is 1. The van der Waals surface area contributed by atoms with Crippen molar-refractivity contribution >= 4 is 17.8 Å². The summed E-state index contributed by atoms with van der Waals surface area (Å²) in [5.41, 5.74) is 3.30. The van der Waals surface area contributed by atoms with Gasteiger partial charge in [0.2, 0.25) is 5.78 Å². The zero-order valence-electron chi connectivity index (χ0n) is 17.8. The van der Waals surface area contributed by atoms with Crippen LogP contribution in [0.1, 0.15) is 47.8 Å². The molecule has 5 heteroatoms. The van der Waals surface area contributed by atoms with Gasteiger partial charge in [0.25, 0.3) is 0 Å². The molecule has 5 nitrogen and oxygen atoms in total. The molecule has 30 heavy (non-hydrogen) atoms. The van der Waals surface area contributed by atoms with Gasteiger partial charge in [0, 0.05) is 5.56 Å². The number of esters is 1. The van der Waals surface area contributed by atoms with E-state index < -0.39 is 5.97 Å². The minimum Gasteiger partial charge on any atom is -0.481 e. The molecule has 0 aromatic heterocycles. The van der Waals surface area contributed by atoms with Crippen LogP contribution in [0, 0.1) is 6.92 Å². The molecule has 1 aliphatic heterocycles. The largest absolute Gasteiger partial charge is 0.481 e. The Hall–Kier alpha value is -3.34. The summed E-state index contributed by atoms with van der Waals surface area (Å²) in [6, 6.07) is 11.4. The summed E-state index contributed by atoms with van der Waals surface area (Å²) in [4.78, 5) is 24.4. The first-order chi connectivity index (χ1) is 14.2. The van der Waals surface area contributed by atoms with Crippen molar-refractivity contribution in [3.8, 4) is 11.5 Å². The molecule has 2 aromatic rings. The number of ketones is 1. The highest BCUT2D eigenvalue weighted by molar-refractivity contribution is 6.15. The Kier molecular flexibility index (Phi) is 6.11. The van der Waals surface area contributed by atoms with Crippen molar-refractivity contribution in [1.29, 1.82) is 0 Å². The van der Waals surface area contributed by atoms with Crippen LogP contribution in [0.4, 0.5) is 0 Å². The number of fused-ring (bicyclic) bond motifs is 1. The van der Waals surface area contributed by atoms with E-state index in [9.17, 15) is 9.59 Å². The molecule has 0 saturated carbocycles. The Morgan fingerprint density at radius 1 is 1.13 bits per heavy atom. The Balaban J connectivity index is 1.77.